The van der Waals surface area contributed by atoms with Crippen LogP contribution < -0.4 is 9.47 Å². The Morgan fingerprint density at radius 3 is 2.07 bits per heavy atom. The molecule has 0 saturated heterocycles. The van der Waals surface area contributed by atoms with Gasteiger partial charge in [-0.15, -0.1) is 0 Å². The van der Waals surface area contributed by atoms with E-state index >= 15 is 0 Å². The van der Waals surface area contributed by atoms with Crippen LogP contribution in [0, 0.1) is 0 Å². The zero-order valence-corrected chi connectivity index (χ0v) is 21.5. The molecule has 0 fully saturated rings. The second-order valence-electron chi connectivity index (χ2n) is 5.66. The minimum atomic E-state index is -3.68. The van der Waals surface area contributed by atoms with Crippen LogP contribution in [0.25, 0.3) is 0 Å². The third-order valence-electron chi connectivity index (χ3n) is 3.25. The largest absolute Gasteiger partial charge is 0.491 e. The number of hydrogen-bond donors (Lipinski definition) is 0. The van der Waals surface area contributed by atoms with Gasteiger partial charge in [0.15, 0.2) is 0 Å². The quantitative estimate of drug-likeness (QED) is 0.330. The Labute approximate surface area is 192 Å². The molecule has 0 amide bonds. The third-order valence-corrected chi connectivity index (χ3v) is 6.83. The van der Waals surface area contributed by atoms with E-state index < -0.39 is 9.84 Å². The van der Waals surface area contributed by atoms with Gasteiger partial charge in [-0.05, 0) is 120 Å². The number of sulfone groups is 1. The summed E-state index contributed by atoms with van der Waals surface area (Å²) < 4.78 is 38.9. The topological polar surface area (TPSA) is 52.6 Å². The first-order valence-corrected chi connectivity index (χ1v) is 12.4. The molecule has 0 aromatic heterocycles. The van der Waals surface area contributed by atoms with Crippen LogP contribution in [0.4, 0.5) is 0 Å². The van der Waals surface area contributed by atoms with E-state index in [2.05, 4.69) is 63.7 Å². The van der Waals surface area contributed by atoms with E-state index in [0.717, 1.165) is 3.39 Å². The molecule has 0 saturated carbocycles. The van der Waals surface area contributed by atoms with Crippen LogP contribution in [-0.2, 0) is 9.84 Å². The Balaban J connectivity index is 2.32. The van der Waals surface area contributed by atoms with Gasteiger partial charge in [-0.1, -0.05) is 0 Å². The lowest BCUT2D eigenvalue weighted by atomic mass is 10.3. The van der Waals surface area contributed by atoms with Gasteiger partial charge in [0.1, 0.15) is 18.1 Å². The van der Waals surface area contributed by atoms with Crippen LogP contribution in [0.2, 0.25) is 0 Å². The van der Waals surface area contributed by atoms with Crippen LogP contribution in [0.1, 0.15) is 13.8 Å². The van der Waals surface area contributed by atoms with Crippen molar-refractivity contribution in [2.75, 3.05) is 6.61 Å². The molecule has 2 rings (SSSR count). The zero-order valence-electron chi connectivity index (χ0n) is 14.4. The van der Waals surface area contributed by atoms with E-state index in [0.29, 0.717) is 27.1 Å². The lowest BCUT2D eigenvalue weighted by Gasteiger charge is -2.13. The molecule has 0 heterocycles. The van der Waals surface area contributed by atoms with Crippen LogP contribution in [0.5, 0.6) is 11.5 Å². The fraction of sp³-hybridized carbons (Fsp3) is 0.222. The van der Waals surface area contributed by atoms with Gasteiger partial charge in [0.2, 0.25) is 9.84 Å². The maximum absolute atomic E-state index is 12.9. The normalized spacial score (nSPS) is 11.4. The maximum Gasteiger partial charge on any atom is 0.206 e. The van der Waals surface area contributed by atoms with Gasteiger partial charge < -0.3 is 9.47 Å². The molecule has 2 aromatic carbocycles. The molecule has 27 heavy (non-hydrogen) atoms. The summed E-state index contributed by atoms with van der Waals surface area (Å²) in [4.78, 5) is 0.348. The summed E-state index contributed by atoms with van der Waals surface area (Å²) in [6, 6.07) is 9.44. The van der Waals surface area contributed by atoms with Gasteiger partial charge in [-0.25, -0.2) is 8.42 Å². The van der Waals surface area contributed by atoms with Crippen molar-refractivity contribution < 1.29 is 17.9 Å². The molecule has 9 heteroatoms. The Kier molecular flexibility index (Phi) is 8.42. The number of halogens is 4. The maximum atomic E-state index is 12.9. The molecule has 0 atom stereocenters. The third kappa shape index (κ3) is 6.32. The van der Waals surface area contributed by atoms with Crippen molar-refractivity contribution in [1.82, 2.24) is 0 Å². The van der Waals surface area contributed by atoms with Crippen LogP contribution >= 0.6 is 63.7 Å². The summed E-state index contributed by atoms with van der Waals surface area (Å²) in [7, 11) is -3.68. The summed E-state index contributed by atoms with van der Waals surface area (Å²) in [5.41, 5.74) is 0. The highest BCUT2D eigenvalue weighted by Gasteiger charge is 2.21. The molecule has 0 spiro atoms. The molecule has 0 radical (unpaired) electrons. The van der Waals surface area contributed by atoms with Crippen LogP contribution in [-0.4, -0.2) is 21.1 Å². The van der Waals surface area contributed by atoms with E-state index in [9.17, 15) is 8.42 Å². The minimum absolute atomic E-state index is 0.0203. The Bertz CT molecular complexity index is 911. The average molecular weight is 648 g/mol. The van der Waals surface area contributed by atoms with Crippen LogP contribution in [0.3, 0.4) is 0 Å². The van der Waals surface area contributed by atoms with Crippen molar-refractivity contribution in [3.05, 3.63) is 54.8 Å². The first-order chi connectivity index (χ1) is 12.6. The molecule has 4 nitrogen and oxygen atoms in total. The summed E-state index contributed by atoms with van der Waals surface area (Å²) in [5.74, 6) is 1.15. The van der Waals surface area contributed by atoms with E-state index in [-0.39, 0.29) is 15.9 Å². The van der Waals surface area contributed by atoms with Gasteiger partial charge in [-0.3, -0.25) is 0 Å². The van der Waals surface area contributed by atoms with Crippen molar-refractivity contribution >= 4 is 73.6 Å². The van der Waals surface area contributed by atoms with Crippen molar-refractivity contribution in [1.29, 1.82) is 0 Å². The van der Waals surface area contributed by atoms with E-state index in [4.69, 9.17) is 9.47 Å². The molecule has 0 aliphatic rings. The first kappa shape index (κ1) is 22.9. The highest BCUT2D eigenvalue weighted by Crippen LogP contribution is 2.37. The highest BCUT2D eigenvalue weighted by atomic mass is 79.9. The van der Waals surface area contributed by atoms with E-state index in [1.165, 1.54) is 24.3 Å². The molecular weight excluding hydrogens is 632 g/mol. The van der Waals surface area contributed by atoms with Gasteiger partial charge in [0.25, 0.3) is 0 Å². The molecule has 0 aliphatic carbocycles. The molecule has 0 bridgehead atoms. The fourth-order valence-electron chi connectivity index (χ4n) is 2.12. The average Bonchev–Trinajstić information content (AvgIpc) is 2.56. The lowest BCUT2D eigenvalue weighted by molar-refractivity contribution is 0.242. The van der Waals surface area contributed by atoms with E-state index in [1.54, 1.807) is 18.2 Å². The zero-order chi connectivity index (χ0) is 20.2. The van der Waals surface area contributed by atoms with Gasteiger partial charge in [-0.2, -0.15) is 0 Å². The summed E-state index contributed by atoms with van der Waals surface area (Å²) in [6.45, 7) is 4.14. The first-order valence-electron chi connectivity index (χ1n) is 7.76. The molecule has 0 unspecified atom stereocenters. The number of ether oxygens (including phenoxy) is 2. The van der Waals surface area contributed by atoms with Gasteiger partial charge >= 0.3 is 0 Å². The number of benzene rings is 2. The molecule has 0 N–H and O–H groups in total. The molecule has 2 aromatic rings. The molecular formula is C18H16Br4O4S. The smallest absolute Gasteiger partial charge is 0.206 e. The predicted octanol–water partition coefficient (Wildman–Crippen LogP) is 6.84. The summed E-state index contributed by atoms with van der Waals surface area (Å²) in [5, 5.41) is 0. The van der Waals surface area contributed by atoms with Gasteiger partial charge in [0, 0.05) is 0 Å². The second-order valence-corrected chi connectivity index (χ2v) is 12.1. The molecule has 0 aliphatic heterocycles. The van der Waals surface area contributed by atoms with Crippen molar-refractivity contribution in [2.24, 2.45) is 0 Å². The Hall–Kier alpha value is -0.350. The Morgan fingerprint density at radius 2 is 1.59 bits per heavy atom. The molecule has 146 valence electrons. The van der Waals surface area contributed by atoms with Crippen molar-refractivity contribution in [3.63, 3.8) is 0 Å². The van der Waals surface area contributed by atoms with Crippen molar-refractivity contribution in [2.45, 2.75) is 29.7 Å². The summed E-state index contributed by atoms with van der Waals surface area (Å²) in [6.07, 6.45) is 1.80. The lowest BCUT2D eigenvalue weighted by Crippen LogP contribution is -2.06. The highest BCUT2D eigenvalue weighted by molar-refractivity contribution is 9.28. The number of rotatable bonds is 7. The predicted molar refractivity (Wildman–Crippen MR) is 121 cm³/mol. The number of hydrogen-bond acceptors (Lipinski definition) is 4. The fourth-order valence-corrected chi connectivity index (χ4v) is 5.42. The standard InChI is InChI=1S/C18H16Br4O4S/c1-11(2)26-12-3-5-13(6-4-12)27(23,24)14-9-15(19)18(16(20)10-14)25-8-7-17(21)22/h3-7,9-11H,8H2,1-2H3. The second kappa shape index (κ2) is 9.91. The van der Waals surface area contributed by atoms with E-state index in [1.807, 2.05) is 13.8 Å². The Morgan fingerprint density at radius 1 is 1.04 bits per heavy atom. The SMILES string of the molecule is CC(C)Oc1ccc(S(=O)(=O)c2cc(Br)c(OCC=C(Br)Br)c(Br)c2)cc1. The van der Waals surface area contributed by atoms with Crippen LogP contribution in [0.15, 0.2) is 64.6 Å². The monoisotopic (exact) mass is 644 g/mol. The van der Waals surface area contributed by atoms with Crippen molar-refractivity contribution in [3.8, 4) is 11.5 Å². The van der Waals surface area contributed by atoms with Gasteiger partial charge in [0.05, 0.1) is 28.2 Å². The minimum Gasteiger partial charge on any atom is -0.491 e. The summed E-state index contributed by atoms with van der Waals surface area (Å²) >= 11 is 13.3.